The molecule has 0 bridgehead atoms. The lowest BCUT2D eigenvalue weighted by atomic mass is 9.93. The number of nitrogens with zero attached hydrogens (tertiary/aromatic N) is 2. The van der Waals surface area contributed by atoms with E-state index >= 15 is 0 Å². The van der Waals surface area contributed by atoms with Crippen LogP contribution in [0.5, 0.6) is 0 Å². The topological polar surface area (TPSA) is 108 Å². The third kappa shape index (κ3) is 4.93. The first-order chi connectivity index (χ1) is 15.2. The van der Waals surface area contributed by atoms with Gasteiger partial charge in [-0.15, -0.1) is 0 Å². The molecule has 2 aliphatic heterocycles. The Bertz CT molecular complexity index is 871. The van der Waals surface area contributed by atoms with Crippen LogP contribution in [-0.2, 0) is 20.9 Å². The van der Waals surface area contributed by atoms with Crippen molar-refractivity contribution >= 4 is 23.8 Å². The number of carbonyl (C=O) groups excluding carboxylic acids is 4. The molecule has 1 aromatic rings. The lowest BCUT2D eigenvalue weighted by molar-refractivity contribution is -0.135. The molecule has 0 aromatic heterocycles. The minimum atomic E-state index is -0.921. The number of nitrogens with one attached hydrogen (secondary N) is 2. The fourth-order valence-electron chi connectivity index (χ4n) is 4.24. The molecule has 2 heterocycles. The van der Waals surface area contributed by atoms with E-state index in [1.807, 2.05) is 27.7 Å². The van der Waals surface area contributed by atoms with Crippen molar-refractivity contribution in [3.8, 4) is 0 Å². The van der Waals surface area contributed by atoms with Crippen molar-refractivity contribution in [1.82, 2.24) is 20.4 Å². The molecule has 0 aliphatic carbocycles. The van der Waals surface area contributed by atoms with Gasteiger partial charge in [0.1, 0.15) is 12.1 Å². The van der Waals surface area contributed by atoms with Crippen LogP contribution in [0.3, 0.4) is 0 Å². The smallest absolute Gasteiger partial charge is 0.325 e. The molecule has 2 atom stereocenters. The molecule has 2 saturated heterocycles. The van der Waals surface area contributed by atoms with Gasteiger partial charge in [0, 0.05) is 25.2 Å². The number of morpholine rings is 1. The third-order valence-corrected chi connectivity index (χ3v) is 6.15. The average Bonchev–Trinajstić information content (AvgIpc) is 3.01. The van der Waals surface area contributed by atoms with Crippen LogP contribution in [0.15, 0.2) is 24.3 Å². The van der Waals surface area contributed by atoms with Crippen LogP contribution in [0.1, 0.15) is 56.5 Å². The number of urea groups is 1. The molecular weight excluding hydrogens is 412 g/mol. The molecule has 0 spiro atoms. The van der Waals surface area contributed by atoms with Gasteiger partial charge in [-0.05, 0) is 44.4 Å². The maximum atomic E-state index is 12.8. The molecule has 2 unspecified atom stereocenters. The third-order valence-electron chi connectivity index (χ3n) is 6.15. The summed E-state index contributed by atoms with van der Waals surface area (Å²) in [6, 6.07) is 6.51. The molecular formula is C23H32N4O5. The summed E-state index contributed by atoms with van der Waals surface area (Å²) >= 11 is 0. The minimum Gasteiger partial charge on any atom is -0.372 e. The first-order valence-corrected chi connectivity index (χ1v) is 11.1. The van der Waals surface area contributed by atoms with Gasteiger partial charge in [-0.25, -0.2) is 4.79 Å². The van der Waals surface area contributed by atoms with Crippen LogP contribution in [0.25, 0.3) is 0 Å². The number of carbonyl (C=O) groups is 4. The van der Waals surface area contributed by atoms with Crippen molar-refractivity contribution in [2.45, 2.75) is 64.8 Å². The fourth-order valence-corrected chi connectivity index (χ4v) is 4.24. The molecule has 9 nitrogen and oxygen atoms in total. The van der Waals surface area contributed by atoms with Gasteiger partial charge >= 0.3 is 6.03 Å². The maximum absolute atomic E-state index is 12.8. The highest BCUT2D eigenvalue weighted by molar-refractivity contribution is 6.09. The zero-order valence-electron chi connectivity index (χ0n) is 19.1. The van der Waals surface area contributed by atoms with Crippen LogP contribution < -0.4 is 10.6 Å². The second-order valence-electron chi connectivity index (χ2n) is 8.55. The first kappa shape index (κ1) is 23.7. The summed E-state index contributed by atoms with van der Waals surface area (Å²) in [5.74, 6) is -0.832. The zero-order chi connectivity index (χ0) is 23.5. The van der Waals surface area contributed by atoms with Crippen molar-refractivity contribution in [3.63, 3.8) is 0 Å². The van der Waals surface area contributed by atoms with Gasteiger partial charge in [-0.1, -0.05) is 26.0 Å². The van der Waals surface area contributed by atoms with Gasteiger partial charge in [-0.2, -0.15) is 0 Å². The normalized spacial score (nSPS) is 22.6. The molecule has 9 heteroatoms. The van der Waals surface area contributed by atoms with E-state index in [2.05, 4.69) is 10.6 Å². The second kappa shape index (κ2) is 9.68. The Morgan fingerprint density at radius 3 is 2.22 bits per heavy atom. The summed E-state index contributed by atoms with van der Waals surface area (Å²) in [5.41, 5.74) is 0.471. The van der Waals surface area contributed by atoms with Gasteiger partial charge in [-0.3, -0.25) is 19.3 Å². The molecule has 174 valence electrons. The number of hydrogen-bond acceptors (Lipinski definition) is 5. The van der Waals surface area contributed by atoms with E-state index in [0.717, 1.165) is 10.5 Å². The van der Waals surface area contributed by atoms with Crippen molar-refractivity contribution in [2.75, 3.05) is 19.6 Å². The second-order valence-corrected chi connectivity index (χ2v) is 8.55. The monoisotopic (exact) mass is 444 g/mol. The van der Waals surface area contributed by atoms with Crippen LogP contribution in [-0.4, -0.2) is 70.9 Å². The van der Waals surface area contributed by atoms with Gasteiger partial charge in [0.2, 0.25) is 5.91 Å². The summed E-state index contributed by atoms with van der Waals surface area (Å²) in [7, 11) is 0. The summed E-state index contributed by atoms with van der Waals surface area (Å²) in [6.45, 7) is 8.59. The minimum absolute atomic E-state index is 0.00145. The Morgan fingerprint density at radius 1 is 1.09 bits per heavy atom. The van der Waals surface area contributed by atoms with Gasteiger partial charge in [0.25, 0.3) is 11.8 Å². The largest absolute Gasteiger partial charge is 0.372 e. The SMILES string of the molecule is CCC1(CC)NC(=O)N(CC(=O)NCc2ccc(C(=O)N3CC(C)OC(C)C3)cc2)C1=O. The number of rotatable bonds is 7. The molecule has 2 N–H and O–H groups in total. The van der Waals surface area contributed by atoms with E-state index in [9.17, 15) is 19.2 Å². The molecule has 3 rings (SSSR count). The standard InChI is InChI=1S/C23H32N4O5/c1-5-23(6-2)21(30)27(22(31)25-23)14-19(28)24-11-17-7-9-18(10-8-17)20(29)26-12-15(3)32-16(4)13-26/h7-10,15-16H,5-6,11-14H2,1-4H3,(H,24,28)(H,25,31). The molecule has 32 heavy (non-hydrogen) atoms. The summed E-state index contributed by atoms with van der Waals surface area (Å²) < 4.78 is 5.68. The van der Waals surface area contributed by atoms with E-state index in [-0.39, 0.29) is 37.1 Å². The Balaban J connectivity index is 1.53. The van der Waals surface area contributed by atoms with Crippen molar-refractivity contribution in [1.29, 1.82) is 0 Å². The van der Waals surface area contributed by atoms with Crippen molar-refractivity contribution in [2.24, 2.45) is 0 Å². The van der Waals surface area contributed by atoms with Crippen LogP contribution in [0.4, 0.5) is 4.79 Å². The quantitative estimate of drug-likeness (QED) is 0.622. The van der Waals surface area contributed by atoms with Crippen LogP contribution in [0, 0.1) is 0 Å². The predicted molar refractivity (Wildman–Crippen MR) is 118 cm³/mol. The Morgan fingerprint density at radius 2 is 1.69 bits per heavy atom. The molecule has 2 fully saturated rings. The summed E-state index contributed by atoms with van der Waals surface area (Å²) in [4.78, 5) is 52.6. The number of amides is 5. The van der Waals surface area contributed by atoms with E-state index in [1.165, 1.54) is 0 Å². The van der Waals surface area contributed by atoms with E-state index in [1.54, 1.807) is 29.2 Å². The predicted octanol–water partition coefficient (Wildman–Crippen LogP) is 1.66. The number of benzene rings is 1. The highest BCUT2D eigenvalue weighted by Crippen LogP contribution is 2.24. The lowest BCUT2D eigenvalue weighted by Crippen LogP contribution is -2.48. The first-order valence-electron chi connectivity index (χ1n) is 11.1. The number of imide groups is 1. The van der Waals surface area contributed by atoms with E-state index < -0.39 is 17.5 Å². The van der Waals surface area contributed by atoms with Crippen LogP contribution in [0.2, 0.25) is 0 Å². The fraction of sp³-hybridized carbons (Fsp3) is 0.565. The molecule has 0 radical (unpaired) electrons. The average molecular weight is 445 g/mol. The Hall–Kier alpha value is -2.94. The number of hydrogen-bond donors (Lipinski definition) is 2. The van der Waals surface area contributed by atoms with E-state index in [0.29, 0.717) is 31.5 Å². The summed E-state index contributed by atoms with van der Waals surface area (Å²) in [6.07, 6.45) is 0.946. The van der Waals surface area contributed by atoms with Crippen molar-refractivity contribution < 1.29 is 23.9 Å². The van der Waals surface area contributed by atoms with Gasteiger partial charge < -0.3 is 20.3 Å². The lowest BCUT2D eigenvalue weighted by Gasteiger charge is -2.35. The van der Waals surface area contributed by atoms with Crippen LogP contribution >= 0.6 is 0 Å². The van der Waals surface area contributed by atoms with Crippen molar-refractivity contribution in [3.05, 3.63) is 35.4 Å². The number of ether oxygens (including phenoxy) is 1. The Kier molecular flexibility index (Phi) is 7.18. The highest BCUT2D eigenvalue weighted by Gasteiger charge is 2.49. The maximum Gasteiger partial charge on any atom is 0.325 e. The molecule has 0 saturated carbocycles. The highest BCUT2D eigenvalue weighted by atomic mass is 16.5. The molecule has 5 amide bonds. The summed E-state index contributed by atoms with van der Waals surface area (Å²) in [5, 5.41) is 5.44. The van der Waals surface area contributed by atoms with Gasteiger partial charge in [0.05, 0.1) is 12.2 Å². The zero-order valence-corrected chi connectivity index (χ0v) is 19.1. The van der Waals surface area contributed by atoms with E-state index in [4.69, 9.17) is 4.74 Å². The van der Waals surface area contributed by atoms with Gasteiger partial charge in [0.15, 0.2) is 0 Å². The Labute approximate surface area is 188 Å². The molecule has 1 aromatic carbocycles. The molecule has 2 aliphatic rings.